The largest absolute Gasteiger partial charge is 0.325 e. The summed E-state index contributed by atoms with van der Waals surface area (Å²) in [4.78, 5) is 29.8. The van der Waals surface area contributed by atoms with Gasteiger partial charge in [0.15, 0.2) is 0 Å². The molecular weight excluding hydrogens is 424 g/mol. The average Bonchev–Trinajstić information content (AvgIpc) is 3.20. The van der Waals surface area contributed by atoms with Gasteiger partial charge >= 0.3 is 0 Å². The molecule has 1 fully saturated rings. The van der Waals surface area contributed by atoms with Gasteiger partial charge in [0.25, 0.3) is 5.56 Å². The summed E-state index contributed by atoms with van der Waals surface area (Å²) in [5.41, 5.74) is 0.192. The fraction of sp³-hybridized carbons (Fsp3) is 0.350. The summed E-state index contributed by atoms with van der Waals surface area (Å²) in [7, 11) is -3.54. The third-order valence-electron chi connectivity index (χ3n) is 5.16. The molecule has 1 aromatic carbocycles. The number of carbonyl (C=O) groups excluding carboxylic acids is 1. The molecule has 1 N–H and O–H groups in total. The lowest BCUT2D eigenvalue weighted by Crippen LogP contribution is -2.39. The number of nitrogens with one attached hydrogen (secondary N) is 1. The number of fused-ring (bicyclic) bond motifs is 1. The van der Waals surface area contributed by atoms with E-state index in [0.29, 0.717) is 34.9 Å². The maximum absolute atomic E-state index is 12.8. The Morgan fingerprint density at radius 2 is 2.03 bits per heavy atom. The summed E-state index contributed by atoms with van der Waals surface area (Å²) in [6.45, 7) is 2.93. The molecule has 1 aliphatic heterocycles. The molecule has 1 amide bonds. The molecule has 0 saturated carbocycles. The first-order valence-electron chi connectivity index (χ1n) is 9.67. The average molecular weight is 447 g/mol. The number of carbonyl (C=O) groups is 1. The second-order valence-electron chi connectivity index (χ2n) is 7.50. The van der Waals surface area contributed by atoms with E-state index >= 15 is 0 Å². The Kier molecular flexibility index (Phi) is 5.72. The molecule has 10 heteroatoms. The maximum Gasteiger partial charge on any atom is 0.262 e. The minimum absolute atomic E-state index is 0.177. The molecule has 4 rings (SSSR count). The molecule has 0 aliphatic carbocycles. The van der Waals surface area contributed by atoms with E-state index in [1.807, 2.05) is 0 Å². The van der Waals surface area contributed by atoms with Crippen LogP contribution in [0.5, 0.6) is 0 Å². The Balaban J connectivity index is 1.44. The number of hydrogen-bond acceptors (Lipinski definition) is 6. The van der Waals surface area contributed by atoms with Gasteiger partial charge in [-0.2, -0.15) is 4.31 Å². The monoisotopic (exact) mass is 446 g/mol. The maximum atomic E-state index is 12.8. The van der Waals surface area contributed by atoms with Gasteiger partial charge in [0.1, 0.15) is 11.4 Å². The number of thiophene rings is 1. The second kappa shape index (κ2) is 8.29. The topological polar surface area (TPSA) is 101 Å². The number of amides is 1. The summed E-state index contributed by atoms with van der Waals surface area (Å²) < 4.78 is 28.4. The lowest BCUT2D eigenvalue weighted by atomic mass is 10.0. The van der Waals surface area contributed by atoms with Crippen LogP contribution in [0.25, 0.3) is 10.2 Å². The van der Waals surface area contributed by atoms with E-state index in [2.05, 4.69) is 17.2 Å². The number of nitrogens with zero attached hydrogens (tertiary/aromatic N) is 3. The second-order valence-corrected chi connectivity index (χ2v) is 10.3. The summed E-state index contributed by atoms with van der Waals surface area (Å²) in [6, 6.07) is 7.79. The molecule has 0 spiro atoms. The van der Waals surface area contributed by atoms with Crippen LogP contribution in [-0.4, -0.2) is 41.3 Å². The molecule has 1 unspecified atom stereocenters. The minimum atomic E-state index is -3.54. The molecule has 0 bridgehead atoms. The van der Waals surface area contributed by atoms with Crippen molar-refractivity contribution in [1.82, 2.24) is 13.9 Å². The van der Waals surface area contributed by atoms with Crippen molar-refractivity contribution in [2.24, 2.45) is 5.92 Å². The van der Waals surface area contributed by atoms with E-state index in [1.54, 1.807) is 23.6 Å². The van der Waals surface area contributed by atoms with Crippen molar-refractivity contribution in [1.29, 1.82) is 0 Å². The van der Waals surface area contributed by atoms with Crippen LogP contribution in [-0.2, 0) is 21.4 Å². The smallest absolute Gasteiger partial charge is 0.262 e. The highest BCUT2D eigenvalue weighted by atomic mass is 32.2. The fourth-order valence-corrected chi connectivity index (χ4v) is 5.91. The Bertz CT molecular complexity index is 1230. The van der Waals surface area contributed by atoms with Crippen molar-refractivity contribution in [3.63, 3.8) is 0 Å². The van der Waals surface area contributed by atoms with Gasteiger partial charge in [-0.15, -0.1) is 11.3 Å². The molecule has 158 valence electrons. The minimum Gasteiger partial charge on any atom is -0.325 e. The third kappa shape index (κ3) is 4.16. The van der Waals surface area contributed by atoms with Crippen LogP contribution in [0.1, 0.15) is 19.8 Å². The van der Waals surface area contributed by atoms with Gasteiger partial charge in [0.05, 0.1) is 16.6 Å². The molecule has 30 heavy (non-hydrogen) atoms. The highest BCUT2D eigenvalue weighted by Gasteiger charge is 2.28. The predicted molar refractivity (Wildman–Crippen MR) is 116 cm³/mol. The highest BCUT2D eigenvalue weighted by molar-refractivity contribution is 7.89. The summed E-state index contributed by atoms with van der Waals surface area (Å²) in [5, 5.41) is 4.96. The van der Waals surface area contributed by atoms with Crippen molar-refractivity contribution in [3.8, 4) is 0 Å². The van der Waals surface area contributed by atoms with Crippen LogP contribution in [0.3, 0.4) is 0 Å². The number of sulfonamides is 1. The molecule has 1 aliphatic rings. The molecule has 8 nitrogen and oxygen atoms in total. The SMILES string of the molecule is CC1CCCN(S(=O)(=O)c2ccc(NC(=O)Cn3cnc4sccc4c3=O)cc2)C1. The van der Waals surface area contributed by atoms with Gasteiger partial charge in [-0.1, -0.05) is 6.92 Å². The van der Waals surface area contributed by atoms with E-state index in [-0.39, 0.29) is 17.0 Å². The van der Waals surface area contributed by atoms with Gasteiger partial charge in [0.2, 0.25) is 15.9 Å². The van der Waals surface area contributed by atoms with Gasteiger partial charge in [-0.3, -0.25) is 14.2 Å². The first-order valence-corrected chi connectivity index (χ1v) is 12.0. The summed E-state index contributed by atoms with van der Waals surface area (Å²) in [6.07, 6.45) is 3.25. The van der Waals surface area contributed by atoms with Crippen LogP contribution in [0, 0.1) is 5.92 Å². The van der Waals surface area contributed by atoms with Crippen LogP contribution < -0.4 is 10.9 Å². The summed E-state index contributed by atoms with van der Waals surface area (Å²) in [5.74, 6) is -0.0489. The highest BCUT2D eigenvalue weighted by Crippen LogP contribution is 2.24. The van der Waals surface area contributed by atoms with E-state index in [9.17, 15) is 18.0 Å². The first-order chi connectivity index (χ1) is 14.3. The zero-order valence-electron chi connectivity index (χ0n) is 16.4. The molecule has 1 saturated heterocycles. The molecule has 3 aromatic rings. The van der Waals surface area contributed by atoms with E-state index in [0.717, 1.165) is 12.8 Å². The van der Waals surface area contributed by atoms with Crippen molar-refractivity contribution in [2.45, 2.75) is 31.2 Å². The van der Waals surface area contributed by atoms with Gasteiger partial charge < -0.3 is 5.32 Å². The number of hydrogen-bond donors (Lipinski definition) is 1. The number of aromatic nitrogens is 2. The predicted octanol–water partition coefficient (Wildman–Crippen LogP) is 2.52. The molecular formula is C20H22N4O4S2. The van der Waals surface area contributed by atoms with Crippen molar-refractivity contribution >= 4 is 43.2 Å². The molecule has 0 radical (unpaired) electrons. The fourth-order valence-electron chi connectivity index (χ4n) is 3.59. The zero-order chi connectivity index (χ0) is 21.3. The van der Waals surface area contributed by atoms with Gasteiger partial charge in [0, 0.05) is 18.8 Å². The normalized spacial score (nSPS) is 17.8. The molecule has 1 atom stereocenters. The third-order valence-corrected chi connectivity index (χ3v) is 7.86. The van der Waals surface area contributed by atoms with E-state index in [1.165, 1.54) is 38.7 Å². The number of piperidine rings is 1. The van der Waals surface area contributed by atoms with Crippen LogP contribution in [0.4, 0.5) is 5.69 Å². The van der Waals surface area contributed by atoms with Gasteiger partial charge in [-0.05, 0) is 54.5 Å². The van der Waals surface area contributed by atoms with Crippen molar-refractivity contribution < 1.29 is 13.2 Å². The summed E-state index contributed by atoms with van der Waals surface area (Å²) >= 11 is 1.37. The van der Waals surface area contributed by atoms with E-state index in [4.69, 9.17) is 0 Å². The number of benzene rings is 1. The van der Waals surface area contributed by atoms with Crippen molar-refractivity contribution in [3.05, 3.63) is 52.4 Å². The Hall–Kier alpha value is -2.56. The van der Waals surface area contributed by atoms with Crippen molar-refractivity contribution in [2.75, 3.05) is 18.4 Å². The molecule has 2 aromatic heterocycles. The van der Waals surface area contributed by atoms with Gasteiger partial charge in [-0.25, -0.2) is 13.4 Å². The Morgan fingerprint density at radius 3 is 2.77 bits per heavy atom. The number of anilines is 1. The standard InChI is InChI=1S/C20H22N4O4S2/c1-14-3-2-9-24(11-14)30(27,28)16-6-4-15(5-7-16)22-18(25)12-23-13-21-19-17(20(23)26)8-10-29-19/h4-8,10,13-14H,2-3,9,11-12H2,1H3,(H,22,25). The lowest BCUT2D eigenvalue weighted by molar-refractivity contribution is -0.116. The first kappa shape index (κ1) is 20.7. The quantitative estimate of drug-likeness (QED) is 0.649. The lowest BCUT2D eigenvalue weighted by Gasteiger charge is -2.30. The van der Waals surface area contributed by atoms with Crippen LogP contribution >= 0.6 is 11.3 Å². The zero-order valence-corrected chi connectivity index (χ0v) is 18.1. The Morgan fingerprint density at radius 1 is 1.27 bits per heavy atom. The van der Waals surface area contributed by atoms with Crippen LogP contribution in [0.15, 0.2) is 51.7 Å². The number of rotatable bonds is 5. The molecule has 3 heterocycles. The van der Waals surface area contributed by atoms with E-state index < -0.39 is 15.9 Å². The Labute approximate surface area is 178 Å². The van der Waals surface area contributed by atoms with Crippen LogP contribution in [0.2, 0.25) is 0 Å².